The Hall–Kier alpha value is -3.07. The Kier molecular flexibility index (Phi) is 3.26. The maximum absolute atomic E-state index is 13.2. The molecule has 2 aliphatic rings. The highest BCUT2D eigenvalue weighted by Crippen LogP contribution is 2.32. The van der Waals surface area contributed by atoms with Crippen LogP contribution in [-0.4, -0.2) is 37.7 Å². The number of carbonyl (C=O) groups is 1. The number of nitrogens with one attached hydrogen (secondary N) is 3. The highest BCUT2D eigenvalue weighted by Gasteiger charge is 2.45. The Bertz CT molecular complexity index is 1150. The molecule has 3 aromatic heterocycles. The number of nitrogens with zero attached hydrogens (tertiary/aromatic N) is 4. The molecule has 0 spiro atoms. The van der Waals surface area contributed by atoms with E-state index in [-0.39, 0.29) is 27.9 Å². The molecule has 1 atom stereocenters. The minimum Gasteiger partial charge on any atom is -0.346 e. The number of halogens is 1. The molecule has 1 saturated heterocycles. The van der Waals surface area contributed by atoms with Crippen molar-refractivity contribution in [1.82, 2.24) is 24.9 Å². The first-order chi connectivity index (χ1) is 13.0. The molecule has 0 aromatic carbocycles. The van der Waals surface area contributed by atoms with Crippen molar-refractivity contribution in [3.8, 4) is 0 Å². The van der Waals surface area contributed by atoms with Crippen LogP contribution in [0.2, 0.25) is 5.02 Å². The molecule has 5 rings (SSSR count). The van der Waals surface area contributed by atoms with Gasteiger partial charge in [0.05, 0.1) is 10.4 Å². The minimum absolute atomic E-state index is 0.154. The van der Waals surface area contributed by atoms with Crippen LogP contribution in [0.4, 0.5) is 11.5 Å². The van der Waals surface area contributed by atoms with Gasteiger partial charge in [0.1, 0.15) is 34.8 Å². The van der Waals surface area contributed by atoms with Gasteiger partial charge >= 0.3 is 0 Å². The van der Waals surface area contributed by atoms with Crippen LogP contribution in [0.1, 0.15) is 30.3 Å². The number of H-pyrrole nitrogens is 1. The topological polar surface area (TPSA) is 108 Å². The number of carbonyl (C=O) groups excluding carboxylic acids is 1. The van der Waals surface area contributed by atoms with Crippen molar-refractivity contribution in [2.45, 2.75) is 25.4 Å². The Morgan fingerprint density at radius 3 is 3.04 bits per heavy atom. The zero-order valence-corrected chi connectivity index (χ0v) is 15.2. The van der Waals surface area contributed by atoms with E-state index in [1.807, 2.05) is 18.0 Å². The summed E-state index contributed by atoms with van der Waals surface area (Å²) in [6, 6.07) is 3.29. The number of fused-ring (bicyclic) bond motifs is 4. The second-order valence-electron chi connectivity index (χ2n) is 6.91. The van der Waals surface area contributed by atoms with Crippen LogP contribution in [0.3, 0.4) is 0 Å². The maximum Gasteiger partial charge on any atom is 0.293 e. The second kappa shape index (κ2) is 5.46. The maximum atomic E-state index is 13.2. The fourth-order valence-electron chi connectivity index (χ4n) is 3.90. The molecule has 0 saturated carbocycles. The number of anilines is 2. The SMILES string of the molecule is C[C@@]12CCCN1n1c(c(Cl)cc(Nc3ncnc4[nH]ccc34)c1=O)C(=O)N2. The van der Waals surface area contributed by atoms with Gasteiger partial charge in [-0.15, -0.1) is 0 Å². The summed E-state index contributed by atoms with van der Waals surface area (Å²) < 4.78 is 1.39. The van der Waals surface area contributed by atoms with Crippen LogP contribution < -0.4 is 21.2 Å². The highest BCUT2D eigenvalue weighted by atomic mass is 35.5. The molecule has 5 heterocycles. The van der Waals surface area contributed by atoms with E-state index in [1.54, 1.807) is 6.20 Å². The van der Waals surface area contributed by atoms with Gasteiger partial charge in [-0.3, -0.25) is 14.6 Å². The molecular weight excluding hydrogens is 370 g/mol. The minimum atomic E-state index is -0.599. The third-order valence-electron chi connectivity index (χ3n) is 5.18. The normalized spacial score (nSPS) is 21.1. The Morgan fingerprint density at radius 2 is 2.19 bits per heavy atom. The Balaban J connectivity index is 1.68. The molecule has 0 bridgehead atoms. The van der Waals surface area contributed by atoms with Crippen LogP contribution in [0.5, 0.6) is 0 Å². The molecule has 9 nitrogen and oxygen atoms in total. The van der Waals surface area contributed by atoms with Crippen molar-refractivity contribution < 1.29 is 4.79 Å². The van der Waals surface area contributed by atoms with E-state index >= 15 is 0 Å². The van der Waals surface area contributed by atoms with E-state index < -0.39 is 5.66 Å². The molecule has 3 aromatic rings. The molecule has 0 aliphatic carbocycles. The summed E-state index contributed by atoms with van der Waals surface area (Å²) in [5, 5.41) is 8.84. The van der Waals surface area contributed by atoms with Crippen molar-refractivity contribution in [3.05, 3.63) is 45.7 Å². The summed E-state index contributed by atoms with van der Waals surface area (Å²) in [6.45, 7) is 2.56. The van der Waals surface area contributed by atoms with Gasteiger partial charge in [0.15, 0.2) is 0 Å². The van der Waals surface area contributed by atoms with Crippen LogP contribution >= 0.6 is 11.6 Å². The smallest absolute Gasteiger partial charge is 0.293 e. The van der Waals surface area contributed by atoms with Crippen molar-refractivity contribution in [3.63, 3.8) is 0 Å². The number of aromatic nitrogens is 4. The summed E-state index contributed by atoms with van der Waals surface area (Å²) in [5.41, 5.74) is 0.108. The molecule has 1 fully saturated rings. The van der Waals surface area contributed by atoms with E-state index in [2.05, 4.69) is 25.6 Å². The number of rotatable bonds is 2. The fraction of sp³-hybridized carbons (Fsp3) is 0.294. The number of hydrogen-bond donors (Lipinski definition) is 3. The van der Waals surface area contributed by atoms with E-state index in [0.29, 0.717) is 18.0 Å². The van der Waals surface area contributed by atoms with Crippen LogP contribution in [-0.2, 0) is 0 Å². The number of amides is 1. The van der Waals surface area contributed by atoms with Gasteiger partial charge in [-0.2, -0.15) is 0 Å². The highest BCUT2D eigenvalue weighted by molar-refractivity contribution is 6.34. The van der Waals surface area contributed by atoms with Crippen LogP contribution in [0.15, 0.2) is 29.5 Å². The first kappa shape index (κ1) is 16.1. The van der Waals surface area contributed by atoms with Crippen molar-refractivity contribution in [2.24, 2.45) is 0 Å². The average molecular weight is 386 g/mol. The lowest BCUT2D eigenvalue weighted by Crippen LogP contribution is -2.67. The standard InChI is InChI=1S/C17H16ClN7O2/c1-17-4-2-6-24(17)25-12(15(26)23-17)10(18)7-11(16(25)27)22-14-9-3-5-19-13(9)20-8-21-14/h3,5,7-8H,2,4,6H2,1H3,(H,23,26)(H2,19,20,21,22)/t17-/m0/s1. The summed E-state index contributed by atoms with van der Waals surface area (Å²) in [7, 11) is 0. The number of pyridine rings is 1. The summed E-state index contributed by atoms with van der Waals surface area (Å²) >= 11 is 6.39. The van der Waals surface area contributed by atoms with E-state index in [9.17, 15) is 9.59 Å². The van der Waals surface area contributed by atoms with Crippen molar-refractivity contribution >= 4 is 40.0 Å². The lowest BCUT2D eigenvalue weighted by atomic mass is 10.1. The third kappa shape index (κ3) is 2.24. The fourth-order valence-corrected chi connectivity index (χ4v) is 4.17. The van der Waals surface area contributed by atoms with Crippen LogP contribution in [0.25, 0.3) is 11.0 Å². The second-order valence-corrected chi connectivity index (χ2v) is 7.32. The van der Waals surface area contributed by atoms with Gasteiger partial charge in [-0.1, -0.05) is 11.6 Å². The zero-order chi connectivity index (χ0) is 18.8. The Morgan fingerprint density at radius 1 is 1.33 bits per heavy atom. The van der Waals surface area contributed by atoms with Crippen molar-refractivity contribution in [2.75, 3.05) is 16.9 Å². The first-order valence-corrected chi connectivity index (χ1v) is 8.97. The predicted molar refractivity (Wildman–Crippen MR) is 101 cm³/mol. The molecule has 10 heteroatoms. The molecule has 27 heavy (non-hydrogen) atoms. The summed E-state index contributed by atoms with van der Waals surface area (Å²) in [4.78, 5) is 37.2. The first-order valence-electron chi connectivity index (χ1n) is 8.59. The van der Waals surface area contributed by atoms with E-state index in [0.717, 1.165) is 18.2 Å². The number of aromatic amines is 1. The summed E-state index contributed by atoms with van der Waals surface area (Å²) in [5.74, 6) is 0.138. The van der Waals surface area contributed by atoms with Gasteiger partial charge in [0.2, 0.25) is 0 Å². The quantitative estimate of drug-likeness (QED) is 0.619. The third-order valence-corrected chi connectivity index (χ3v) is 5.47. The summed E-state index contributed by atoms with van der Waals surface area (Å²) in [6.07, 6.45) is 4.78. The zero-order valence-electron chi connectivity index (χ0n) is 14.4. The van der Waals surface area contributed by atoms with Gasteiger partial charge in [-0.05, 0) is 31.9 Å². The number of hydrogen-bond acceptors (Lipinski definition) is 6. The Labute approximate surface area is 158 Å². The lowest BCUT2D eigenvalue weighted by Gasteiger charge is -2.43. The largest absolute Gasteiger partial charge is 0.346 e. The van der Waals surface area contributed by atoms with Gasteiger partial charge in [-0.25, -0.2) is 14.6 Å². The van der Waals surface area contributed by atoms with E-state index in [4.69, 9.17) is 11.6 Å². The predicted octanol–water partition coefficient (Wildman–Crippen LogP) is 1.71. The van der Waals surface area contributed by atoms with Crippen LogP contribution in [0, 0.1) is 0 Å². The van der Waals surface area contributed by atoms with Crippen molar-refractivity contribution in [1.29, 1.82) is 0 Å². The van der Waals surface area contributed by atoms with Gasteiger partial charge < -0.3 is 15.6 Å². The van der Waals surface area contributed by atoms with Gasteiger partial charge in [0, 0.05) is 12.7 Å². The van der Waals surface area contributed by atoms with Gasteiger partial charge in [0.25, 0.3) is 11.5 Å². The molecular formula is C17H16ClN7O2. The lowest BCUT2D eigenvalue weighted by molar-refractivity contribution is 0.0851. The monoisotopic (exact) mass is 385 g/mol. The molecule has 0 unspecified atom stereocenters. The molecule has 2 aliphatic heterocycles. The molecule has 3 N–H and O–H groups in total. The van der Waals surface area contributed by atoms with E-state index in [1.165, 1.54) is 17.1 Å². The molecule has 138 valence electrons. The molecule has 1 amide bonds. The molecule has 0 radical (unpaired) electrons. The average Bonchev–Trinajstić information content (AvgIpc) is 3.24.